The number of halogens is 2. The smallest absolute Gasteiger partial charge is 0.262 e. The third-order valence-electron chi connectivity index (χ3n) is 4.03. The lowest BCUT2D eigenvalue weighted by molar-refractivity contribution is 0.156. The van der Waals surface area contributed by atoms with Crippen LogP contribution in [0.2, 0.25) is 5.02 Å². The molecular formula is C19H18ClFN2O2S. The molecule has 0 radical (unpaired) electrons. The molecule has 0 saturated heterocycles. The molecule has 0 aliphatic rings. The van der Waals surface area contributed by atoms with E-state index >= 15 is 0 Å². The summed E-state index contributed by atoms with van der Waals surface area (Å²) in [6.07, 6.45) is 0. The van der Waals surface area contributed by atoms with E-state index in [-0.39, 0.29) is 23.2 Å². The number of para-hydroxylation sites is 1. The number of aromatic nitrogens is 2. The quantitative estimate of drug-likeness (QED) is 0.451. The Morgan fingerprint density at radius 1 is 1.27 bits per heavy atom. The van der Waals surface area contributed by atoms with Crippen LogP contribution in [0.1, 0.15) is 18.5 Å². The van der Waals surface area contributed by atoms with Gasteiger partial charge in [-0.25, -0.2) is 9.37 Å². The first-order chi connectivity index (χ1) is 12.5. The van der Waals surface area contributed by atoms with Crippen molar-refractivity contribution >= 4 is 34.3 Å². The maximum absolute atomic E-state index is 14.1. The molecule has 26 heavy (non-hydrogen) atoms. The van der Waals surface area contributed by atoms with Gasteiger partial charge in [-0.15, -0.1) is 0 Å². The second kappa shape index (κ2) is 8.20. The molecule has 0 bridgehead atoms. The zero-order valence-corrected chi connectivity index (χ0v) is 16.0. The highest BCUT2D eigenvalue weighted by atomic mass is 35.5. The summed E-state index contributed by atoms with van der Waals surface area (Å²) in [7, 11) is 1.59. The van der Waals surface area contributed by atoms with Gasteiger partial charge in [0.05, 0.1) is 23.6 Å². The third-order valence-corrected chi connectivity index (χ3v) is 5.36. The number of benzene rings is 2. The summed E-state index contributed by atoms with van der Waals surface area (Å²) in [6, 6.07) is 11.6. The second-order valence-electron chi connectivity index (χ2n) is 5.88. The Hall–Kier alpha value is -1.89. The summed E-state index contributed by atoms with van der Waals surface area (Å²) < 4.78 is 20.9. The van der Waals surface area contributed by atoms with Crippen molar-refractivity contribution in [2.24, 2.45) is 0 Å². The van der Waals surface area contributed by atoms with E-state index in [0.717, 1.165) is 0 Å². The van der Waals surface area contributed by atoms with Gasteiger partial charge in [-0.1, -0.05) is 41.6 Å². The Labute approximate surface area is 160 Å². The monoisotopic (exact) mass is 392 g/mol. The van der Waals surface area contributed by atoms with Crippen LogP contribution in [-0.4, -0.2) is 23.3 Å². The predicted octanol–water partition coefficient (Wildman–Crippen LogP) is 4.69. The Morgan fingerprint density at radius 3 is 2.77 bits per heavy atom. The maximum atomic E-state index is 14.1. The van der Waals surface area contributed by atoms with E-state index in [4.69, 9.17) is 16.3 Å². The van der Waals surface area contributed by atoms with Crippen molar-refractivity contribution < 1.29 is 9.13 Å². The van der Waals surface area contributed by atoms with E-state index in [1.54, 1.807) is 35.9 Å². The fourth-order valence-electron chi connectivity index (χ4n) is 2.74. The average molecular weight is 393 g/mol. The van der Waals surface area contributed by atoms with Crippen LogP contribution in [0.25, 0.3) is 10.9 Å². The van der Waals surface area contributed by atoms with E-state index in [2.05, 4.69) is 4.98 Å². The fraction of sp³-hybridized carbons (Fsp3) is 0.263. The highest BCUT2D eigenvalue weighted by Crippen LogP contribution is 2.29. The van der Waals surface area contributed by atoms with Gasteiger partial charge in [0.15, 0.2) is 5.16 Å². The summed E-state index contributed by atoms with van der Waals surface area (Å²) in [5.74, 6) is -0.0969. The Balaban J connectivity index is 2.06. The molecule has 0 amide bonds. The summed E-state index contributed by atoms with van der Waals surface area (Å²) in [5.41, 5.74) is 0.871. The lowest BCUT2D eigenvalue weighted by Gasteiger charge is -2.19. The largest absolute Gasteiger partial charge is 0.383 e. The normalized spacial score (nSPS) is 12.5. The molecule has 0 unspecified atom stereocenters. The minimum atomic E-state index is -0.371. The topological polar surface area (TPSA) is 44.1 Å². The van der Waals surface area contributed by atoms with Gasteiger partial charge < -0.3 is 4.74 Å². The fourth-order valence-corrected chi connectivity index (χ4v) is 4.18. The number of thioether (sulfide) groups is 1. The van der Waals surface area contributed by atoms with Crippen LogP contribution in [0.3, 0.4) is 0 Å². The highest BCUT2D eigenvalue weighted by Gasteiger charge is 2.17. The number of hydrogen-bond donors (Lipinski definition) is 0. The molecule has 0 fully saturated rings. The minimum absolute atomic E-state index is 0.137. The zero-order valence-electron chi connectivity index (χ0n) is 14.4. The van der Waals surface area contributed by atoms with E-state index in [9.17, 15) is 9.18 Å². The van der Waals surface area contributed by atoms with Crippen LogP contribution in [0.5, 0.6) is 0 Å². The van der Waals surface area contributed by atoms with Gasteiger partial charge in [-0.3, -0.25) is 9.36 Å². The van der Waals surface area contributed by atoms with Crippen LogP contribution >= 0.6 is 23.4 Å². The molecule has 0 aliphatic heterocycles. The molecule has 0 N–H and O–H groups in total. The van der Waals surface area contributed by atoms with Crippen molar-refractivity contribution in [2.45, 2.75) is 23.9 Å². The molecule has 1 heterocycles. The lowest BCUT2D eigenvalue weighted by atomic mass is 10.2. The van der Waals surface area contributed by atoms with Crippen LogP contribution in [0.15, 0.2) is 52.4 Å². The predicted molar refractivity (Wildman–Crippen MR) is 104 cm³/mol. The number of ether oxygens (including phenoxy) is 1. The van der Waals surface area contributed by atoms with E-state index in [1.165, 1.54) is 17.8 Å². The maximum Gasteiger partial charge on any atom is 0.262 e. The van der Waals surface area contributed by atoms with Crippen LogP contribution in [0.4, 0.5) is 4.39 Å². The summed E-state index contributed by atoms with van der Waals surface area (Å²) in [6.45, 7) is 2.26. The molecule has 0 spiro atoms. The highest BCUT2D eigenvalue weighted by molar-refractivity contribution is 7.98. The summed E-state index contributed by atoms with van der Waals surface area (Å²) in [5, 5.41) is 1.42. The van der Waals surface area contributed by atoms with Gasteiger partial charge >= 0.3 is 0 Å². The first-order valence-electron chi connectivity index (χ1n) is 8.08. The van der Waals surface area contributed by atoms with Crippen molar-refractivity contribution in [1.29, 1.82) is 0 Å². The Morgan fingerprint density at radius 2 is 2.04 bits per heavy atom. The van der Waals surface area contributed by atoms with Crippen molar-refractivity contribution in [2.75, 3.05) is 13.7 Å². The lowest BCUT2D eigenvalue weighted by Crippen LogP contribution is -2.28. The summed E-state index contributed by atoms with van der Waals surface area (Å²) in [4.78, 5) is 17.6. The van der Waals surface area contributed by atoms with Crippen LogP contribution in [-0.2, 0) is 10.5 Å². The first kappa shape index (κ1) is 18.9. The number of methoxy groups -OCH3 is 1. The zero-order chi connectivity index (χ0) is 18.7. The molecule has 136 valence electrons. The van der Waals surface area contributed by atoms with Gasteiger partial charge in [0, 0.05) is 23.4 Å². The minimum Gasteiger partial charge on any atom is -0.383 e. The van der Waals surface area contributed by atoms with E-state index in [1.807, 2.05) is 19.1 Å². The van der Waals surface area contributed by atoms with Crippen molar-refractivity contribution in [3.8, 4) is 0 Å². The Kier molecular flexibility index (Phi) is 5.96. The average Bonchev–Trinajstić information content (AvgIpc) is 2.61. The van der Waals surface area contributed by atoms with Gasteiger partial charge in [0.1, 0.15) is 5.82 Å². The van der Waals surface area contributed by atoms with Gasteiger partial charge in [0.25, 0.3) is 5.56 Å². The molecule has 4 nitrogen and oxygen atoms in total. The molecule has 1 atom stereocenters. The molecule has 7 heteroatoms. The van der Waals surface area contributed by atoms with Crippen molar-refractivity contribution in [3.05, 3.63) is 69.2 Å². The second-order valence-corrected chi connectivity index (χ2v) is 7.23. The molecule has 0 aliphatic carbocycles. The molecule has 3 aromatic rings. The summed E-state index contributed by atoms with van der Waals surface area (Å²) >= 11 is 7.40. The number of hydrogen-bond acceptors (Lipinski definition) is 4. The molecule has 2 aromatic carbocycles. The molecule has 0 saturated carbocycles. The van der Waals surface area contributed by atoms with E-state index in [0.29, 0.717) is 33.3 Å². The van der Waals surface area contributed by atoms with E-state index < -0.39 is 0 Å². The van der Waals surface area contributed by atoms with Crippen LogP contribution < -0.4 is 5.56 Å². The number of rotatable bonds is 6. The number of nitrogens with zero attached hydrogens (tertiary/aromatic N) is 2. The van der Waals surface area contributed by atoms with Gasteiger partial charge in [-0.2, -0.15) is 0 Å². The Bertz CT molecular complexity index is 973. The standard InChI is InChI=1S/C19H18ClFN2O2S/c1-12(10-25-2)23-18(24)13-6-3-4-9-17(13)22-19(23)26-11-14-15(20)7-5-8-16(14)21/h3-9,12H,10-11H2,1-2H3/t12-/m0/s1. The molecule has 1 aromatic heterocycles. The molecular weight excluding hydrogens is 375 g/mol. The molecule has 3 rings (SSSR count). The van der Waals surface area contributed by atoms with Crippen LogP contribution in [0, 0.1) is 5.82 Å². The third kappa shape index (κ3) is 3.77. The first-order valence-corrected chi connectivity index (χ1v) is 9.45. The van der Waals surface area contributed by atoms with Gasteiger partial charge in [0.2, 0.25) is 0 Å². The van der Waals surface area contributed by atoms with Crippen molar-refractivity contribution in [3.63, 3.8) is 0 Å². The number of fused-ring (bicyclic) bond motifs is 1. The van der Waals surface area contributed by atoms with Crippen molar-refractivity contribution in [1.82, 2.24) is 9.55 Å². The SMILES string of the molecule is COC[C@H](C)n1c(SCc2c(F)cccc2Cl)nc2ccccc2c1=O. The van der Waals surface area contributed by atoms with Gasteiger partial charge in [-0.05, 0) is 31.2 Å².